The summed E-state index contributed by atoms with van der Waals surface area (Å²) in [6.07, 6.45) is 8.22. The zero-order valence-corrected chi connectivity index (χ0v) is 17.4. The van der Waals surface area contributed by atoms with Crippen molar-refractivity contribution in [3.05, 3.63) is 24.3 Å². The standard InChI is InChI=1S/C21H28N4O2S/c1-14(20(26)22-16-10-11-16)28-21-24-23-19(15-8-12-18(27-2)13-9-15)25(21)17-6-4-3-5-7-17/h8-9,12-14,16-17H,3-7,10-11H2,1-2H3,(H,22,26). The Kier molecular flexibility index (Phi) is 5.90. The van der Waals surface area contributed by atoms with Crippen molar-refractivity contribution in [1.29, 1.82) is 0 Å². The van der Waals surface area contributed by atoms with Crippen LogP contribution in [0.2, 0.25) is 0 Å². The summed E-state index contributed by atoms with van der Waals surface area (Å²) in [6, 6.07) is 8.73. The van der Waals surface area contributed by atoms with Gasteiger partial charge in [-0.1, -0.05) is 31.0 Å². The molecule has 1 amide bonds. The minimum absolute atomic E-state index is 0.0942. The molecule has 2 aromatic rings. The Bertz CT molecular complexity index is 810. The third-order valence-electron chi connectivity index (χ3n) is 5.53. The van der Waals surface area contributed by atoms with Gasteiger partial charge in [0.1, 0.15) is 5.75 Å². The zero-order chi connectivity index (χ0) is 19.5. The number of aromatic nitrogens is 3. The number of thioether (sulfide) groups is 1. The molecule has 2 saturated carbocycles. The first-order valence-electron chi connectivity index (χ1n) is 10.2. The average Bonchev–Trinajstić information content (AvgIpc) is 3.45. The van der Waals surface area contributed by atoms with Gasteiger partial charge in [0.15, 0.2) is 11.0 Å². The Morgan fingerprint density at radius 3 is 2.50 bits per heavy atom. The molecule has 150 valence electrons. The van der Waals surface area contributed by atoms with Gasteiger partial charge in [-0.25, -0.2) is 0 Å². The SMILES string of the molecule is COc1ccc(-c2nnc(SC(C)C(=O)NC3CC3)n2C2CCCCC2)cc1. The third kappa shape index (κ3) is 4.35. The molecule has 2 fully saturated rings. The predicted octanol–water partition coefficient (Wildman–Crippen LogP) is 4.22. The molecule has 0 saturated heterocycles. The Morgan fingerprint density at radius 1 is 1.14 bits per heavy atom. The van der Waals surface area contributed by atoms with Crippen LogP contribution in [0.25, 0.3) is 11.4 Å². The highest BCUT2D eigenvalue weighted by Gasteiger charge is 2.29. The normalized spacial score (nSPS) is 18.6. The second-order valence-corrected chi connectivity index (χ2v) is 9.05. The topological polar surface area (TPSA) is 69.0 Å². The number of nitrogens with one attached hydrogen (secondary N) is 1. The molecule has 7 heteroatoms. The summed E-state index contributed by atoms with van der Waals surface area (Å²) in [7, 11) is 1.67. The summed E-state index contributed by atoms with van der Waals surface area (Å²) >= 11 is 1.52. The minimum atomic E-state index is -0.184. The molecule has 1 unspecified atom stereocenters. The van der Waals surface area contributed by atoms with E-state index in [1.807, 2.05) is 31.2 Å². The van der Waals surface area contributed by atoms with Crippen molar-refractivity contribution in [2.45, 2.75) is 74.4 Å². The van der Waals surface area contributed by atoms with Crippen LogP contribution in [0.3, 0.4) is 0 Å². The number of carbonyl (C=O) groups excluding carboxylic acids is 1. The fourth-order valence-corrected chi connectivity index (χ4v) is 4.65. The van der Waals surface area contributed by atoms with E-state index in [-0.39, 0.29) is 11.2 Å². The summed E-state index contributed by atoms with van der Waals surface area (Å²) in [5.41, 5.74) is 1.03. The zero-order valence-electron chi connectivity index (χ0n) is 16.6. The highest BCUT2D eigenvalue weighted by atomic mass is 32.2. The monoisotopic (exact) mass is 400 g/mol. The van der Waals surface area contributed by atoms with Crippen molar-refractivity contribution in [3.63, 3.8) is 0 Å². The van der Waals surface area contributed by atoms with Gasteiger partial charge in [-0.2, -0.15) is 0 Å². The first-order valence-corrected chi connectivity index (χ1v) is 11.1. The van der Waals surface area contributed by atoms with Crippen molar-refractivity contribution in [1.82, 2.24) is 20.1 Å². The number of benzene rings is 1. The third-order valence-corrected chi connectivity index (χ3v) is 6.58. The second kappa shape index (κ2) is 8.55. The van der Waals surface area contributed by atoms with Gasteiger partial charge in [-0.05, 0) is 56.9 Å². The van der Waals surface area contributed by atoms with Gasteiger partial charge in [0.2, 0.25) is 5.91 Å². The van der Waals surface area contributed by atoms with E-state index in [1.54, 1.807) is 7.11 Å². The molecule has 0 bridgehead atoms. The summed E-state index contributed by atoms with van der Waals surface area (Å²) in [5, 5.41) is 12.8. The van der Waals surface area contributed by atoms with Crippen molar-refractivity contribution in [3.8, 4) is 17.1 Å². The van der Waals surface area contributed by atoms with E-state index in [0.29, 0.717) is 12.1 Å². The average molecular weight is 401 g/mol. The van der Waals surface area contributed by atoms with E-state index < -0.39 is 0 Å². The van der Waals surface area contributed by atoms with Crippen LogP contribution in [-0.4, -0.2) is 39.1 Å². The molecule has 1 aromatic heterocycles. The highest BCUT2D eigenvalue weighted by molar-refractivity contribution is 8.00. The van der Waals surface area contributed by atoms with Crippen molar-refractivity contribution < 1.29 is 9.53 Å². The summed E-state index contributed by atoms with van der Waals surface area (Å²) in [4.78, 5) is 12.4. The lowest BCUT2D eigenvalue weighted by Crippen LogP contribution is -2.32. The summed E-state index contributed by atoms with van der Waals surface area (Å²) in [6.45, 7) is 1.95. The highest BCUT2D eigenvalue weighted by Crippen LogP contribution is 2.37. The number of hydrogen-bond donors (Lipinski definition) is 1. The first kappa shape index (κ1) is 19.3. The van der Waals surface area contributed by atoms with Crippen LogP contribution in [0, 0.1) is 0 Å². The molecule has 4 rings (SSSR count). The molecular weight excluding hydrogens is 372 g/mol. The largest absolute Gasteiger partial charge is 0.497 e. The lowest BCUT2D eigenvalue weighted by atomic mass is 9.95. The molecule has 1 atom stereocenters. The van der Waals surface area contributed by atoms with E-state index in [2.05, 4.69) is 20.1 Å². The maximum atomic E-state index is 12.4. The molecule has 2 aliphatic carbocycles. The van der Waals surface area contributed by atoms with Gasteiger partial charge < -0.3 is 10.1 Å². The van der Waals surface area contributed by atoms with Crippen LogP contribution >= 0.6 is 11.8 Å². The van der Waals surface area contributed by atoms with E-state index in [0.717, 1.165) is 48.0 Å². The Labute approximate surface area is 170 Å². The van der Waals surface area contributed by atoms with Crippen molar-refractivity contribution in [2.75, 3.05) is 7.11 Å². The van der Waals surface area contributed by atoms with Crippen LogP contribution in [0.15, 0.2) is 29.4 Å². The number of ether oxygens (including phenoxy) is 1. The Balaban J connectivity index is 1.61. The molecule has 1 heterocycles. The van der Waals surface area contributed by atoms with Gasteiger partial charge in [0.05, 0.1) is 12.4 Å². The lowest BCUT2D eigenvalue weighted by Gasteiger charge is -2.26. The number of carbonyl (C=O) groups is 1. The van der Waals surface area contributed by atoms with Crippen LogP contribution in [0.5, 0.6) is 5.75 Å². The fraction of sp³-hybridized carbons (Fsp3) is 0.571. The molecule has 2 aliphatic rings. The number of rotatable bonds is 7. The van der Waals surface area contributed by atoms with Gasteiger partial charge in [-0.15, -0.1) is 10.2 Å². The smallest absolute Gasteiger partial charge is 0.233 e. The van der Waals surface area contributed by atoms with E-state index >= 15 is 0 Å². The fourth-order valence-electron chi connectivity index (χ4n) is 3.72. The van der Waals surface area contributed by atoms with E-state index in [4.69, 9.17) is 4.74 Å². The van der Waals surface area contributed by atoms with Gasteiger partial charge in [0.25, 0.3) is 0 Å². The molecule has 0 aliphatic heterocycles. The van der Waals surface area contributed by atoms with Crippen molar-refractivity contribution in [2.24, 2.45) is 0 Å². The molecule has 1 aromatic carbocycles. The second-order valence-electron chi connectivity index (χ2n) is 7.74. The molecule has 0 spiro atoms. The molecular formula is C21H28N4O2S. The number of methoxy groups -OCH3 is 1. The van der Waals surface area contributed by atoms with Crippen LogP contribution in [0.4, 0.5) is 0 Å². The van der Waals surface area contributed by atoms with Gasteiger partial charge in [-0.3, -0.25) is 9.36 Å². The Morgan fingerprint density at radius 2 is 1.86 bits per heavy atom. The van der Waals surface area contributed by atoms with E-state index in [9.17, 15) is 4.79 Å². The van der Waals surface area contributed by atoms with Crippen LogP contribution in [0.1, 0.15) is 57.9 Å². The quantitative estimate of drug-likeness (QED) is 0.705. The summed E-state index contributed by atoms with van der Waals surface area (Å²) < 4.78 is 7.55. The number of nitrogens with zero attached hydrogens (tertiary/aromatic N) is 3. The first-order chi connectivity index (χ1) is 13.7. The van der Waals surface area contributed by atoms with Gasteiger partial charge >= 0.3 is 0 Å². The predicted molar refractivity (Wildman–Crippen MR) is 111 cm³/mol. The number of hydrogen-bond acceptors (Lipinski definition) is 5. The molecule has 0 radical (unpaired) electrons. The molecule has 28 heavy (non-hydrogen) atoms. The van der Waals surface area contributed by atoms with Crippen molar-refractivity contribution >= 4 is 17.7 Å². The maximum Gasteiger partial charge on any atom is 0.233 e. The van der Waals surface area contributed by atoms with Crippen LogP contribution < -0.4 is 10.1 Å². The number of amides is 1. The Hall–Kier alpha value is -2.02. The maximum absolute atomic E-state index is 12.4. The molecule has 1 N–H and O–H groups in total. The lowest BCUT2D eigenvalue weighted by molar-refractivity contribution is -0.120. The summed E-state index contributed by atoms with van der Waals surface area (Å²) in [5.74, 6) is 1.80. The van der Waals surface area contributed by atoms with E-state index in [1.165, 1.54) is 31.0 Å². The van der Waals surface area contributed by atoms with Gasteiger partial charge in [0, 0.05) is 17.6 Å². The van der Waals surface area contributed by atoms with Crippen LogP contribution in [-0.2, 0) is 4.79 Å². The molecule has 6 nitrogen and oxygen atoms in total. The minimum Gasteiger partial charge on any atom is -0.497 e.